The molecule has 0 spiro atoms. The second kappa shape index (κ2) is 3.28. The molecule has 0 saturated carbocycles. The highest BCUT2D eigenvalue weighted by Crippen LogP contribution is 2.19. The minimum Gasteiger partial charge on any atom is -0.480 e. The van der Waals surface area contributed by atoms with E-state index < -0.39 is 10.8 Å². The summed E-state index contributed by atoms with van der Waals surface area (Å²) in [7, 11) is 0. The Morgan fingerprint density at radius 3 is 2.33 bits per heavy atom. The average Bonchev–Trinajstić information content (AvgIpc) is 1.65. The number of carboxylic acids is 1. The number of alkyl halides is 2. The van der Waals surface area contributed by atoms with E-state index >= 15 is 0 Å². The first-order chi connectivity index (χ1) is 4.00. The summed E-state index contributed by atoms with van der Waals surface area (Å²) in [5.41, 5.74) is 0. The van der Waals surface area contributed by atoms with Gasteiger partial charge in [-0.2, -0.15) is 0 Å². The van der Waals surface area contributed by atoms with Gasteiger partial charge in [0.15, 0.2) is 0 Å². The molecule has 1 atom stereocenters. The number of aliphatic carboxylic acids is 1. The van der Waals surface area contributed by atoms with E-state index in [0.29, 0.717) is 0 Å². The summed E-state index contributed by atoms with van der Waals surface area (Å²) in [6.45, 7) is 1.43. The van der Waals surface area contributed by atoms with Crippen LogP contribution in [0.25, 0.3) is 0 Å². The first kappa shape index (κ1) is 9.05. The van der Waals surface area contributed by atoms with Crippen LogP contribution in [-0.2, 0) is 4.79 Å². The molecule has 1 unspecified atom stereocenters. The van der Waals surface area contributed by atoms with E-state index in [9.17, 15) is 4.79 Å². The molecule has 0 aliphatic heterocycles. The Morgan fingerprint density at radius 2 is 2.22 bits per heavy atom. The molecule has 0 heterocycles. The van der Waals surface area contributed by atoms with E-state index in [0.717, 1.165) is 0 Å². The van der Waals surface area contributed by atoms with E-state index in [-0.39, 0.29) is 12.3 Å². The summed E-state index contributed by atoms with van der Waals surface area (Å²) in [5.74, 6) is -0.753. The van der Waals surface area contributed by atoms with Gasteiger partial charge in [0, 0.05) is 5.88 Å². The maximum atomic E-state index is 10.2. The third-order valence-electron chi connectivity index (χ3n) is 1.01. The topological polar surface area (TPSA) is 37.3 Å². The van der Waals surface area contributed by atoms with Crippen LogP contribution in [0.1, 0.15) is 13.3 Å². The maximum Gasteiger partial charge on any atom is 0.324 e. The van der Waals surface area contributed by atoms with Crippen molar-refractivity contribution in [2.24, 2.45) is 0 Å². The van der Waals surface area contributed by atoms with Crippen molar-refractivity contribution in [3.63, 3.8) is 0 Å². The molecule has 1 N–H and O–H groups in total. The first-order valence-electron chi connectivity index (χ1n) is 2.49. The van der Waals surface area contributed by atoms with Crippen LogP contribution < -0.4 is 0 Å². The molecule has 0 fully saturated rings. The Balaban J connectivity index is 3.85. The van der Waals surface area contributed by atoms with Crippen LogP contribution in [-0.4, -0.2) is 21.8 Å². The minimum atomic E-state index is -1.19. The second-order valence-corrected chi connectivity index (χ2v) is 3.15. The van der Waals surface area contributed by atoms with Gasteiger partial charge in [0.05, 0.1) is 0 Å². The van der Waals surface area contributed by atoms with Crippen LogP contribution in [0.4, 0.5) is 0 Å². The van der Waals surface area contributed by atoms with Gasteiger partial charge < -0.3 is 5.11 Å². The fourth-order valence-electron chi connectivity index (χ4n) is 0.284. The summed E-state index contributed by atoms with van der Waals surface area (Å²) in [5, 5.41) is 8.38. The molecule has 0 aliphatic carbocycles. The molecule has 0 aliphatic rings. The van der Waals surface area contributed by atoms with Gasteiger partial charge in [-0.25, -0.2) is 0 Å². The first-order valence-corrected chi connectivity index (χ1v) is 3.40. The fourth-order valence-corrected chi connectivity index (χ4v) is 0.854. The molecule has 0 radical (unpaired) electrons. The highest BCUT2D eigenvalue weighted by Gasteiger charge is 2.28. The molecule has 0 aromatic carbocycles. The molecule has 0 bridgehead atoms. The summed E-state index contributed by atoms with van der Waals surface area (Å²) < 4.78 is 0. The Bertz CT molecular complexity index is 112. The molecular weight excluding hydrogens is 163 g/mol. The number of hydrogen-bond acceptors (Lipinski definition) is 1. The highest BCUT2D eigenvalue weighted by atomic mass is 35.5. The van der Waals surface area contributed by atoms with Crippen molar-refractivity contribution in [1.29, 1.82) is 0 Å². The number of halogens is 2. The van der Waals surface area contributed by atoms with Crippen LogP contribution >= 0.6 is 23.2 Å². The normalized spacial score (nSPS) is 16.8. The molecule has 0 aromatic rings. The van der Waals surface area contributed by atoms with Crippen molar-refractivity contribution in [3.05, 3.63) is 0 Å². The smallest absolute Gasteiger partial charge is 0.324 e. The molecule has 0 rings (SSSR count). The predicted molar refractivity (Wildman–Crippen MR) is 37.2 cm³/mol. The number of carboxylic acid groups (broad SMARTS) is 1. The quantitative estimate of drug-likeness (QED) is 0.656. The van der Waals surface area contributed by atoms with Crippen LogP contribution in [0, 0.1) is 0 Å². The number of carbonyl (C=O) groups is 1. The van der Waals surface area contributed by atoms with Crippen molar-refractivity contribution in [3.8, 4) is 0 Å². The Hall–Kier alpha value is 0.0500. The van der Waals surface area contributed by atoms with Crippen molar-refractivity contribution in [1.82, 2.24) is 0 Å². The molecular formula is C5H8Cl2O2. The van der Waals surface area contributed by atoms with Crippen molar-refractivity contribution in [2.75, 3.05) is 5.88 Å². The van der Waals surface area contributed by atoms with Gasteiger partial charge >= 0.3 is 5.97 Å². The number of rotatable bonds is 3. The maximum absolute atomic E-state index is 10.2. The lowest BCUT2D eigenvalue weighted by Gasteiger charge is -2.13. The van der Waals surface area contributed by atoms with E-state index in [1.807, 2.05) is 0 Å². The zero-order valence-electron chi connectivity index (χ0n) is 5.03. The van der Waals surface area contributed by atoms with E-state index in [4.69, 9.17) is 28.3 Å². The summed E-state index contributed by atoms with van der Waals surface area (Å²) in [6, 6.07) is 0. The second-order valence-electron chi connectivity index (χ2n) is 1.94. The third-order valence-corrected chi connectivity index (χ3v) is 1.55. The Morgan fingerprint density at radius 1 is 1.78 bits per heavy atom. The lowest BCUT2D eigenvalue weighted by molar-refractivity contribution is -0.139. The lowest BCUT2D eigenvalue weighted by atomic mass is 10.1. The molecule has 54 valence electrons. The molecule has 0 amide bonds. The summed E-state index contributed by atoms with van der Waals surface area (Å²) in [6.07, 6.45) is 0.283. The molecule has 2 nitrogen and oxygen atoms in total. The van der Waals surface area contributed by atoms with Crippen molar-refractivity contribution in [2.45, 2.75) is 18.2 Å². The van der Waals surface area contributed by atoms with Gasteiger partial charge in [-0.3, -0.25) is 4.79 Å². The third kappa shape index (κ3) is 2.92. The van der Waals surface area contributed by atoms with Crippen LogP contribution in [0.5, 0.6) is 0 Å². The number of hydrogen-bond donors (Lipinski definition) is 1. The molecule has 0 saturated heterocycles. The van der Waals surface area contributed by atoms with Gasteiger partial charge in [-0.15, -0.1) is 23.2 Å². The van der Waals surface area contributed by atoms with Gasteiger partial charge in [0.2, 0.25) is 0 Å². The zero-order chi connectivity index (χ0) is 7.49. The summed E-state index contributed by atoms with van der Waals surface area (Å²) in [4.78, 5) is 9.03. The lowest BCUT2D eigenvalue weighted by Crippen LogP contribution is -2.28. The van der Waals surface area contributed by atoms with E-state index in [1.165, 1.54) is 6.92 Å². The molecule has 4 heteroatoms. The van der Waals surface area contributed by atoms with Gasteiger partial charge in [-0.05, 0) is 13.3 Å². The van der Waals surface area contributed by atoms with Gasteiger partial charge in [-0.1, -0.05) is 0 Å². The standard InChI is InChI=1S/C5H8Cl2O2/c1-5(7,2-3-6)4(8)9/h2-3H2,1H3,(H,8,9). The summed E-state index contributed by atoms with van der Waals surface area (Å²) >= 11 is 10.8. The van der Waals surface area contributed by atoms with Gasteiger partial charge in [0.1, 0.15) is 4.87 Å². The highest BCUT2D eigenvalue weighted by molar-refractivity contribution is 6.33. The monoisotopic (exact) mass is 170 g/mol. The fraction of sp³-hybridized carbons (Fsp3) is 0.800. The van der Waals surface area contributed by atoms with E-state index in [1.54, 1.807) is 0 Å². The molecule has 0 aromatic heterocycles. The largest absolute Gasteiger partial charge is 0.480 e. The SMILES string of the molecule is CC(Cl)(CCCl)C(=O)O. The van der Waals surface area contributed by atoms with Crippen molar-refractivity contribution < 1.29 is 9.90 Å². The van der Waals surface area contributed by atoms with Crippen LogP contribution in [0.2, 0.25) is 0 Å². The predicted octanol–water partition coefficient (Wildman–Crippen LogP) is 1.70. The Labute approximate surface area is 63.8 Å². The molecule has 9 heavy (non-hydrogen) atoms. The van der Waals surface area contributed by atoms with E-state index in [2.05, 4.69) is 0 Å². The van der Waals surface area contributed by atoms with Gasteiger partial charge in [0.25, 0.3) is 0 Å². The van der Waals surface area contributed by atoms with Crippen LogP contribution in [0.15, 0.2) is 0 Å². The van der Waals surface area contributed by atoms with Crippen LogP contribution in [0.3, 0.4) is 0 Å². The zero-order valence-corrected chi connectivity index (χ0v) is 6.54. The Kier molecular flexibility index (Phi) is 3.30. The van der Waals surface area contributed by atoms with Crippen molar-refractivity contribution >= 4 is 29.2 Å². The minimum absolute atomic E-state index is 0.270. The average molecular weight is 171 g/mol.